The van der Waals surface area contributed by atoms with Gasteiger partial charge < -0.3 is 0 Å². The molecular weight excluding hydrogens is 418 g/mol. The Bertz CT molecular complexity index is 1590. The van der Waals surface area contributed by atoms with Gasteiger partial charge in [-0.2, -0.15) is 9.97 Å². The SMILES string of the molecule is Fc1ccc(F)c(-c2nc(-c3ccccc3)nc(-n3c4ccccc4c4ccccc43)n2)c1. The maximum Gasteiger partial charge on any atom is 0.238 e. The fourth-order valence-corrected chi connectivity index (χ4v) is 4.11. The van der Waals surface area contributed by atoms with E-state index in [1.807, 2.05) is 83.4 Å². The first-order valence-corrected chi connectivity index (χ1v) is 10.4. The van der Waals surface area contributed by atoms with E-state index in [4.69, 9.17) is 4.98 Å². The molecule has 0 spiro atoms. The molecule has 0 saturated heterocycles. The summed E-state index contributed by atoms with van der Waals surface area (Å²) in [6, 6.07) is 28.6. The monoisotopic (exact) mass is 434 g/mol. The average Bonchev–Trinajstić information content (AvgIpc) is 3.20. The molecule has 0 radical (unpaired) electrons. The maximum absolute atomic E-state index is 14.7. The maximum atomic E-state index is 14.7. The van der Waals surface area contributed by atoms with E-state index in [-0.39, 0.29) is 11.4 Å². The minimum Gasteiger partial charge on any atom is -0.278 e. The quantitative estimate of drug-likeness (QED) is 0.316. The molecule has 4 nitrogen and oxygen atoms in total. The molecule has 0 bridgehead atoms. The molecule has 0 N–H and O–H groups in total. The first-order valence-electron chi connectivity index (χ1n) is 10.4. The summed E-state index contributed by atoms with van der Waals surface area (Å²) in [7, 11) is 0. The van der Waals surface area contributed by atoms with Crippen molar-refractivity contribution >= 4 is 21.8 Å². The van der Waals surface area contributed by atoms with E-state index in [1.165, 1.54) is 0 Å². The molecule has 0 aliphatic heterocycles. The molecule has 6 aromatic rings. The van der Waals surface area contributed by atoms with Crippen molar-refractivity contribution in [1.82, 2.24) is 19.5 Å². The Balaban J connectivity index is 1.70. The van der Waals surface area contributed by atoms with Crippen molar-refractivity contribution in [1.29, 1.82) is 0 Å². The molecule has 0 saturated carbocycles. The van der Waals surface area contributed by atoms with Gasteiger partial charge in [0.2, 0.25) is 5.95 Å². The van der Waals surface area contributed by atoms with Gasteiger partial charge in [0.05, 0.1) is 16.6 Å². The molecule has 0 aliphatic carbocycles. The van der Waals surface area contributed by atoms with E-state index in [2.05, 4.69) is 9.97 Å². The van der Waals surface area contributed by atoms with Gasteiger partial charge in [0.1, 0.15) is 11.6 Å². The minimum absolute atomic E-state index is 0.0170. The van der Waals surface area contributed by atoms with E-state index in [0.717, 1.165) is 45.6 Å². The van der Waals surface area contributed by atoms with Crippen LogP contribution in [0.3, 0.4) is 0 Å². The van der Waals surface area contributed by atoms with Crippen LogP contribution < -0.4 is 0 Å². The van der Waals surface area contributed by atoms with Crippen molar-refractivity contribution in [3.8, 4) is 28.7 Å². The van der Waals surface area contributed by atoms with E-state index in [9.17, 15) is 8.78 Å². The van der Waals surface area contributed by atoms with Crippen molar-refractivity contribution in [2.24, 2.45) is 0 Å². The molecule has 158 valence electrons. The highest BCUT2D eigenvalue weighted by Gasteiger charge is 2.18. The zero-order valence-electron chi connectivity index (χ0n) is 17.3. The van der Waals surface area contributed by atoms with E-state index in [1.54, 1.807) is 0 Å². The number of hydrogen-bond donors (Lipinski definition) is 0. The van der Waals surface area contributed by atoms with Gasteiger partial charge in [-0.05, 0) is 30.3 Å². The van der Waals surface area contributed by atoms with Crippen LogP contribution in [0.1, 0.15) is 0 Å². The van der Waals surface area contributed by atoms with Gasteiger partial charge in [0.15, 0.2) is 11.6 Å². The van der Waals surface area contributed by atoms with E-state index >= 15 is 0 Å². The Kier molecular flexibility index (Phi) is 4.43. The molecule has 6 heteroatoms. The van der Waals surface area contributed by atoms with Crippen LogP contribution >= 0.6 is 0 Å². The predicted molar refractivity (Wildman–Crippen MR) is 125 cm³/mol. The summed E-state index contributed by atoms with van der Waals surface area (Å²) >= 11 is 0. The molecule has 0 unspecified atom stereocenters. The predicted octanol–water partition coefficient (Wildman–Crippen LogP) is 6.58. The second-order valence-corrected chi connectivity index (χ2v) is 7.64. The van der Waals surface area contributed by atoms with Gasteiger partial charge in [-0.3, -0.25) is 4.57 Å². The molecule has 0 aliphatic rings. The lowest BCUT2D eigenvalue weighted by Crippen LogP contribution is -2.07. The summed E-state index contributed by atoms with van der Waals surface area (Å²) in [5, 5.41) is 2.10. The van der Waals surface area contributed by atoms with Crippen molar-refractivity contribution < 1.29 is 8.78 Å². The molecule has 33 heavy (non-hydrogen) atoms. The van der Waals surface area contributed by atoms with Crippen LogP contribution in [-0.4, -0.2) is 19.5 Å². The van der Waals surface area contributed by atoms with Crippen molar-refractivity contribution in [2.45, 2.75) is 0 Å². The molecule has 0 amide bonds. The minimum atomic E-state index is -0.602. The van der Waals surface area contributed by atoms with Gasteiger partial charge >= 0.3 is 0 Å². The molecule has 0 atom stereocenters. The number of para-hydroxylation sites is 2. The molecule has 2 aromatic heterocycles. The van der Waals surface area contributed by atoms with E-state index in [0.29, 0.717) is 11.8 Å². The second-order valence-electron chi connectivity index (χ2n) is 7.64. The number of rotatable bonds is 3. The Hall–Kier alpha value is -4.45. The Morgan fingerprint density at radius 3 is 1.88 bits per heavy atom. The topological polar surface area (TPSA) is 43.6 Å². The Labute approximate surface area is 187 Å². The van der Waals surface area contributed by atoms with Gasteiger partial charge in [0, 0.05) is 16.3 Å². The number of fused-ring (bicyclic) bond motifs is 3. The second kappa shape index (κ2) is 7.60. The van der Waals surface area contributed by atoms with Gasteiger partial charge in [-0.25, -0.2) is 13.8 Å². The smallest absolute Gasteiger partial charge is 0.238 e. The lowest BCUT2D eigenvalue weighted by molar-refractivity contribution is 0.602. The number of benzene rings is 4. The van der Waals surface area contributed by atoms with Crippen LogP contribution in [0.25, 0.3) is 50.5 Å². The third-order valence-electron chi connectivity index (χ3n) is 5.60. The standard InChI is InChI=1S/C27H16F2N4/c28-18-14-15-22(29)21(16-18)26-30-25(17-8-2-1-3-9-17)31-27(32-26)33-23-12-6-4-10-19(23)20-11-5-7-13-24(20)33/h1-16H. The first kappa shape index (κ1) is 19.3. The third-order valence-corrected chi connectivity index (χ3v) is 5.60. The number of halogens is 2. The van der Waals surface area contributed by atoms with Crippen LogP contribution in [0.5, 0.6) is 0 Å². The molecule has 2 heterocycles. The number of nitrogens with zero attached hydrogens (tertiary/aromatic N) is 4. The highest BCUT2D eigenvalue weighted by atomic mass is 19.1. The van der Waals surface area contributed by atoms with Gasteiger partial charge in [0.25, 0.3) is 0 Å². The highest BCUT2D eigenvalue weighted by molar-refractivity contribution is 6.08. The van der Waals surface area contributed by atoms with Gasteiger partial charge in [-0.1, -0.05) is 66.7 Å². The summed E-state index contributed by atoms with van der Waals surface area (Å²) in [6.45, 7) is 0. The fraction of sp³-hybridized carbons (Fsp3) is 0. The fourth-order valence-electron chi connectivity index (χ4n) is 4.11. The lowest BCUT2D eigenvalue weighted by Gasteiger charge is -2.11. The molecule has 0 fully saturated rings. The molecule has 6 rings (SSSR count). The van der Waals surface area contributed by atoms with Crippen molar-refractivity contribution in [3.05, 3.63) is 109 Å². The summed E-state index contributed by atoms with van der Waals surface area (Å²) in [5.41, 5.74) is 2.56. The van der Waals surface area contributed by atoms with Crippen LogP contribution in [0.2, 0.25) is 0 Å². The average molecular weight is 434 g/mol. The Morgan fingerprint density at radius 2 is 1.18 bits per heavy atom. The first-order chi connectivity index (χ1) is 16.2. The Morgan fingerprint density at radius 1 is 0.576 bits per heavy atom. The normalized spacial score (nSPS) is 11.3. The van der Waals surface area contributed by atoms with Gasteiger partial charge in [-0.15, -0.1) is 0 Å². The van der Waals surface area contributed by atoms with Crippen molar-refractivity contribution in [3.63, 3.8) is 0 Å². The number of aromatic nitrogens is 4. The van der Waals surface area contributed by atoms with Crippen molar-refractivity contribution in [2.75, 3.05) is 0 Å². The summed E-state index contributed by atoms with van der Waals surface area (Å²) < 4.78 is 30.6. The van der Waals surface area contributed by atoms with Crippen LogP contribution in [-0.2, 0) is 0 Å². The van der Waals surface area contributed by atoms with Crippen LogP contribution in [0.4, 0.5) is 8.78 Å². The molecule has 4 aromatic carbocycles. The zero-order chi connectivity index (χ0) is 22.4. The zero-order valence-corrected chi connectivity index (χ0v) is 17.3. The summed E-state index contributed by atoms with van der Waals surface area (Å²) in [5.74, 6) is -0.389. The summed E-state index contributed by atoms with van der Waals surface area (Å²) in [6.07, 6.45) is 0. The highest BCUT2D eigenvalue weighted by Crippen LogP contribution is 2.32. The largest absolute Gasteiger partial charge is 0.278 e. The summed E-state index contributed by atoms with van der Waals surface area (Å²) in [4.78, 5) is 13.9. The third kappa shape index (κ3) is 3.24. The lowest BCUT2D eigenvalue weighted by atomic mass is 10.2. The van der Waals surface area contributed by atoms with E-state index < -0.39 is 11.6 Å². The van der Waals surface area contributed by atoms with Crippen LogP contribution in [0, 0.1) is 11.6 Å². The number of hydrogen-bond acceptors (Lipinski definition) is 3. The molecular formula is C27H16F2N4. The van der Waals surface area contributed by atoms with Crippen LogP contribution in [0.15, 0.2) is 97.1 Å².